The highest BCUT2D eigenvalue weighted by Gasteiger charge is 2.17. The highest BCUT2D eigenvalue weighted by Crippen LogP contribution is 2.30. The van der Waals surface area contributed by atoms with Crippen LogP contribution in [0.4, 0.5) is 5.69 Å². The zero-order valence-electron chi connectivity index (χ0n) is 11.2. The number of hydrogen-bond donors (Lipinski definition) is 2. The third kappa shape index (κ3) is 3.59. The number of para-hydroxylation sites is 1. The normalized spacial score (nSPS) is 13.1. The molecule has 0 amide bonds. The molecule has 20 heavy (non-hydrogen) atoms. The first-order valence-electron chi connectivity index (χ1n) is 6.44. The Kier molecular flexibility index (Phi) is 4.80. The van der Waals surface area contributed by atoms with Gasteiger partial charge in [-0.2, -0.15) is 0 Å². The van der Waals surface area contributed by atoms with Gasteiger partial charge in [0.15, 0.2) is 0 Å². The largest absolute Gasteiger partial charge is 0.376 e. The Morgan fingerprint density at radius 2 is 2.00 bits per heavy atom. The number of thiophene rings is 1. The Balaban J connectivity index is 2.32. The van der Waals surface area contributed by atoms with Crippen molar-refractivity contribution in [1.29, 1.82) is 0 Å². The quantitative estimate of drug-likeness (QED) is 0.859. The maximum absolute atomic E-state index is 11.6. The van der Waals surface area contributed by atoms with Gasteiger partial charge in [0.25, 0.3) is 0 Å². The van der Waals surface area contributed by atoms with Crippen molar-refractivity contribution < 1.29 is 8.42 Å². The van der Waals surface area contributed by atoms with Gasteiger partial charge in [-0.25, -0.2) is 13.6 Å². The molecule has 1 heterocycles. The Morgan fingerprint density at radius 1 is 1.25 bits per heavy atom. The van der Waals surface area contributed by atoms with Crippen molar-refractivity contribution in [3.63, 3.8) is 0 Å². The molecule has 108 valence electrons. The molecule has 0 fully saturated rings. The van der Waals surface area contributed by atoms with Gasteiger partial charge in [0.1, 0.15) is 4.90 Å². The predicted octanol–water partition coefficient (Wildman–Crippen LogP) is 3.35. The first kappa shape index (κ1) is 15.0. The van der Waals surface area contributed by atoms with Gasteiger partial charge in [0.2, 0.25) is 10.0 Å². The summed E-state index contributed by atoms with van der Waals surface area (Å²) >= 11 is 1.66. The van der Waals surface area contributed by atoms with Crippen molar-refractivity contribution in [2.75, 3.05) is 5.32 Å². The minimum atomic E-state index is -3.72. The summed E-state index contributed by atoms with van der Waals surface area (Å²) in [6.07, 6.45) is 1.94. The highest BCUT2D eigenvalue weighted by molar-refractivity contribution is 7.89. The third-order valence-corrected chi connectivity index (χ3v) is 4.94. The van der Waals surface area contributed by atoms with E-state index in [1.807, 2.05) is 11.4 Å². The number of primary sulfonamides is 1. The van der Waals surface area contributed by atoms with Crippen LogP contribution in [-0.4, -0.2) is 8.42 Å². The average molecular weight is 310 g/mol. The molecule has 0 aliphatic heterocycles. The Hall–Kier alpha value is -1.37. The van der Waals surface area contributed by atoms with Crippen molar-refractivity contribution in [2.45, 2.75) is 30.7 Å². The molecular formula is C14H18N2O2S2. The van der Waals surface area contributed by atoms with Crippen molar-refractivity contribution in [3.05, 3.63) is 46.7 Å². The van der Waals surface area contributed by atoms with Crippen LogP contribution in [0.15, 0.2) is 46.7 Å². The van der Waals surface area contributed by atoms with E-state index < -0.39 is 10.0 Å². The second kappa shape index (κ2) is 6.39. The second-order valence-electron chi connectivity index (χ2n) is 4.54. The minimum Gasteiger partial charge on any atom is -0.376 e. The van der Waals surface area contributed by atoms with Crippen LogP contribution in [0.3, 0.4) is 0 Å². The third-order valence-electron chi connectivity index (χ3n) is 2.99. The van der Waals surface area contributed by atoms with Crippen LogP contribution < -0.4 is 10.5 Å². The van der Waals surface area contributed by atoms with E-state index in [1.165, 1.54) is 10.9 Å². The monoisotopic (exact) mass is 310 g/mol. The number of nitrogens with one attached hydrogen (secondary N) is 1. The smallest absolute Gasteiger partial charge is 0.240 e. The molecule has 0 aliphatic rings. The molecule has 0 bridgehead atoms. The van der Waals surface area contributed by atoms with E-state index in [0.717, 1.165) is 12.8 Å². The first-order valence-corrected chi connectivity index (χ1v) is 8.86. The second-order valence-corrected chi connectivity index (χ2v) is 7.05. The lowest BCUT2D eigenvalue weighted by molar-refractivity contribution is 0.597. The summed E-state index contributed by atoms with van der Waals surface area (Å²) in [7, 11) is -3.72. The zero-order valence-corrected chi connectivity index (χ0v) is 12.9. The van der Waals surface area contributed by atoms with Gasteiger partial charge in [-0.15, -0.1) is 11.3 Å². The van der Waals surface area contributed by atoms with Crippen LogP contribution in [0.25, 0.3) is 0 Å². The number of sulfonamides is 1. The molecule has 0 saturated carbocycles. The molecule has 4 nitrogen and oxygen atoms in total. The molecule has 6 heteroatoms. The molecule has 0 saturated heterocycles. The van der Waals surface area contributed by atoms with E-state index in [1.54, 1.807) is 29.5 Å². The predicted molar refractivity (Wildman–Crippen MR) is 83.4 cm³/mol. The lowest BCUT2D eigenvalue weighted by atomic mass is 10.1. The van der Waals surface area contributed by atoms with E-state index in [-0.39, 0.29) is 10.9 Å². The first-order chi connectivity index (χ1) is 9.52. The van der Waals surface area contributed by atoms with E-state index in [4.69, 9.17) is 5.14 Å². The lowest BCUT2D eigenvalue weighted by Gasteiger charge is -2.19. The van der Waals surface area contributed by atoms with E-state index in [2.05, 4.69) is 18.3 Å². The number of anilines is 1. The minimum absolute atomic E-state index is 0.0999. The molecule has 1 atom stereocenters. The summed E-state index contributed by atoms with van der Waals surface area (Å²) in [5, 5.41) is 10.6. The SMILES string of the molecule is CCCC(Nc1ccccc1S(N)(=O)=O)c1cccs1. The molecular weight excluding hydrogens is 292 g/mol. The van der Waals surface area contributed by atoms with E-state index in [0.29, 0.717) is 5.69 Å². The van der Waals surface area contributed by atoms with Crippen molar-refractivity contribution in [2.24, 2.45) is 5.14 Å². The number of rotatable bonds is 6. The van der Waals surface area contributed by atoms with Crippen LogP contribution in [0.5, 0.6) is 0 Å². The zero-order chi connectivity index (χ0) is 14.6. The Morgan fingerprint density at radius 3 is 2.60 bits per heavy atom. The van der Waals surface area contributed by atoms with Gasteiger partial charge in [-0.3, -0.25) is 0 Å². The molecule has 0 radical (unpaired) electrons. The van der Waals surface area contributed by atoms with Gasteiger partial charge >= 0.3 is 0 Å². The van der Waals surface area contributed by atoms with Crippen molar-refractivity contribution in [3.8, 4) is 0 Å². The molecule has 1 aromatic carbocycles. The maximum Gasteiger partial charge on any atom is 0.240 e. The van der Waals surface area contributed by atoms with Crippen molar-refractivity contribution in [1.82, 2.24) is 0 Å². The molecule has 0 spiro atoms. The Bertz CT molecular complexity index is 652. The van der Waals surface area contributed by atoms with Gasteiger partial charge in [0.05, 0.1) is 11.7 Å². The van der Waals surface area contributed by atoms with Crippen LogP contribution in [0.1, 0.15) is 30.7 Å². The molecule has 1 aromatic heterocycles. The molecule has 2 aromatic rings. The van der Waals surface area contributed by atoms with Crippen molar-refractivity contribution >= 4 is 27.0 Å². The lowest BCUT2D eigenvalue weighted by Crippen LogP contribution is -2.17. The number of nitrogens with two attached hydrogens (primary N) is 1. The van der Waals surface area contributed by atoms with Gasteiger partial charge in [0, 0.05) is 4.88 Å². The van der Waals surface area contributed by atoms with Crippen LogP contribution in [0, 0.1) is 0 Å². The van der Waals surface area contributed by atoms with Crippen LogP contribution in [-0.2, 0) is 10.0 Å². The van der Waals surface area contributed by atoms with Crippen LogP contribution >= 0.6 is 11.3 Å². The van der Waals surface area contributed by atoms with E-state index in [9.17, 15) is 8.42 Å². The topological polar surface area (TPSA) is 72.2 Å². The number of benzene rings is 1. The summed E-state index contributed by atoms with van der Waals surface area (Å²) in [5.41, 5.74) is 0.557. The van der Waals surface area contributed by atoms with Gasteiger partial charge in [-0.1, -0.05) is 31.5 Å². The van der Waals surface area contributed by atoms with Crippen LogP contribution in [0.2, 0.25) is 0 Å². The average Bonchev–Trinajstić information content (AvgIpc) is 2.91. The van der Waals surface area contributed by atoms with E-state index >= 15 is 0 Å². The Labute approximate surface area is 123 Å². The molecule has 0 aliphatic carbocycles. The fraction of sp³-hybridized carbons (Fsp3) is 0.286. The molecule has 2 rings (SSSR count). The summed E-state index contributed by atoms with van der Waals surface area (Å²) in [4.78, 5) is 1.33. The maximum atomic E-state index is 11.6. The van der Waals surface area contributed by atoms with Gasteiger partial charge in [-0.05, 0) is 30.0 Å². The number of hydrogen-bond acceptors (Lipinski definition) is 4. The fourth-order valence-electron chi connectivity index (χ4n) is 2.09. The van der Waals surface area contributed by atoms with Gasteiger partial charge < -0.3 is 5.32 Å². The summed E-state index contributed by atoms with van der Waals surface area (Å²) < 4.78 is 23.2. The standard InChI is InChI=1S/C14H18N2O2S2/c1-2-6-11(13-8-5-10-19-13)16-12-7-3-4-9-14(12)20(15,17)18/h3-5,7-11,16H,2,6H2,1H3,(H2,15,17,18). The highest BCUT2D eigenvalue weighted by atomic mass is 32.2. The molecule has 1 unspecified atom stereocenters. The summed E-state index contributed by atoms with van der Waals surface area (Å²) in [5.74, 6) is 0. The fourth-order valence-corrected chi connectivity index (χ4v) is 3.60. The summed E-state index contributed by atoms with van der Waals surface area (Å²) in [6, 6.07) is 10.9. The summed E-state index contributed by atoms with van der Waals surface area (Å²) in [6.45, 7) is 2.11. The molecule has 3 N–H and O–H groups in total.